The number of aromatic nitrogens is 1. The molecule has 2 N–H and O–H groups in total. The first-order valence-corrected chi connectivity index (χ1v) is 11.3. The summed E-state index contributed by atoms with van der Waals surface area (Å²) >= 11 is 1.42. The number of sulfonamides is 1. The molecule has 9 heteroatoms. The third-order valence-electron chi connectivity index (χ3n) is 4.80. The Bertz CT molecular complexity index is 1090. The normalized spacial score (nSPS) is 16.3. The van der Waals surface area contributed by atoms with Crippen molar-refractivity contribution in [2.45, 2.75) is 43.5 Å². The Morgan fingerprint density at radius 1 is 1.22 bits per heavy atom. The van der Waals surface area contributed by atoms with Gasteiger partial charge in [0.15, 0.2) is 0 Å². The molecule has 0 radical (unpaired) electrons. The molecule has 1 fully saturated rings. The van der Waals surface area contributed by atoms with Gasteiger partial charge in [-0.15, -0.1) is 11.8 Å². The summed E-state index contributed by atoms with van der Waals surface area (Å²) in [5, 5.41) is 3.13. The van der Waals surface area contributed by atoms with E-state index >= 15 is 0 Å². The first-order chi connectivity index (χ1) is 12.8. The molecule has 4 rings (SSSR count). The van der Waals surface area contributed by atoms with Crippen LogP contribution in [0.4, 0.5) is 21.5 Å². The van der Waals surface area contributed by atoms with Gasteiger partial charge in [0.25, 0.3) is 5.56 Å². The van der Waals surface area contributed by atoms with E-state index in [0.29, 0.717) is 47.1 Å². The smallest absolute Gasteiger partial charge is 0.256 e. The number of thioether (sulfide) groups is 1. The summed E-state index contributed by atoms with van der Waals surface area (Å²) in [5.74, 6) is 0.230. The zero-order valence-corrected chi connectivity index (χ0v) is 16.6. The number of benzene rings is 1. The SMILES string of the molecule is Cc1ccc(Nc2c(NS(=O)(=O)C3CC3)c3n(c(=O)c2C)CCS3)c(F)c1. The maximum atomic E-state index is 14.4. The molecule has 0 unspecified atom stereocenters. The second kappa shape index (κ2) is 6.56. The van der Waals surface area contributed by atoms with E-state index in [1.807, 2.05) is 0 Å². The summed E-state index contributed by atoms with van der Waals surface area (Å²) in [4.78, 5) is 12.7. The summed E-state index contributed by atoms with van der Waals surface area (Å²) in [6, 6.07) is 4.73. The molecule has 1 saturated carbocycles. The van der Waals surface area contributed by atoms with Gasteiger partial charge in [-0.25, -0.2) is 12.8 Å². The lowest BCUT2D eigenvalue weighted by atomic mass is 10.1. The number of aryl methyl sites for hydroxylation is 1. The highest BCUT2D eigenvalue weighted by Crippen LogP contribution is 2.41. The van der Waals surface area contributed by atoms with E-state index in [2.05, 4.69) is 10.0 Å². The zero-order valence-electron chi connectivity index (χ0n) is 15.0. The molecule has 144 valence electrons. The lowest BCUT2D eigenvalue weighted by molar-refractivity contribution is 0.599. The number of hydrogen-bond acceptors (Lipinski definition) is 5. The van der Waals surface area contributed by atoms with Crippen LogP contribution in [-0.4, -0.2) is 24.0 Å². The van der Waals surface area contributed by atoms with Gasteiger partial charge in [-0.1, -0.05) is 6.07 Å². The molecular formula is C18H20FN3O3S2. The van der Waals surface area contributed by atoms with E-state index in [-0.39, 0.29) is 11.2 Å². The average molecular weight is 410 g/mol. The Morgan fingerprint density at radius 3 is 2.63 bits per heavy atom. The van der Waals surface area contributed by atoms with Crippen LogP contribution in [0.1, 0.15) is 24.0 Å². The number of pyridine rings is 1. The van der Waals surface area contributed by atoms with Crippen molar-refractivity contribution in [3.63, 3.8) is 0 Å². The van der Waals surface area contributed by atoms with E-state index in [1.54, 1.807) is 30.5 Å². The van der Waals surface area contributed by atoms with Gasteiger partial charge in [-0.05, 0) is 44.4 Å². The van der Waals surface area contributed by atoms with Crippen LogP contribution in [0, 0.1) is 19.7 Å². The van der Waals surface area contributed by atoms with Gasteiger partial charge in [0, 0.05) is 17.9 Å². The maximum Gasteiger partial charge on any atom is 0.256 e. The predicted molar refractivity (Wildman–Crippen MR) is 106 cm³/mol. The quantitative estimate of drug-likeness (QED) is 0.792. The molecular weight excluding hydrogens is 389 g/mol. The molecule has 27 heavy (non-hydrogen) atoms. The molecule has 0 spiro atoms. The second-order valence-electron chi connectivity index (χ2n) is 6.94. The van der Waals surface area contributed by atoms with E-state index in [9.17, 15) is 17.6 Å². The number of hydrogen-bond donors (Lipinski definition) is 2. The van der Waals surface area contributed by atoms with Crippen molar-refractivity contribution < 1.29 is 12.8 Å². The first-order valence-electron chi connectivity index (χ1n) is 8.73. The topological polar surface area (TPSA) is 80.2 Å². The van der Waals surface area contributed by atoms with Crippen molar-refractivity contribution in [3.8, 4) is 0 Å². The van der Waals surface area contributed by atoms with Crippen LogP contribution in [-0.2, 0) is 16.6 Å². The van der Waals surface area contributed by atoms with Gasteiger partial charge in [0.1, 0.15) is 16.5 Å². The Balaban J connectivity index is 1.86. The largest absolute Gasteiger partial charge is 0.351 e. The number of halogens is 1. The van der Waals surface area contributed by atoms with Crippen molar-refractivity contribution in [3.05, 3.63) is 45.5 Å². The van der Waals surface area contributed by atoms with E-state index in [0.717, 1.165) is 5.56 Å². The minimum Gasteiger partial charge on any atom is -0.351 e. The molecule has 2 aliphatic rings. The predicted octanol–water partition coefficient (Wildman–Crippen LogP) is 3.36. The standard InChI is InChI=1S/C18H20FN3O3S2/c1-10-3-6-14(13(19)9-10)20-15-11(2)17(23)22-7-8-26-18(22)16(15)21-27(24,25)12-4-5-12/h3,6,9,12,20-21H,4-5,7-8H2,1-2H3. The van der Waals surface area contributed by atoms with Gasteiger partial charge in [-0.2, -0.15) is 0 Å². The molecule has 2 heterocycles. The molecule has 6 nitrogen and oxygen atoms in total. The fourth-order valence-corrected chi connectivity index (χ4v) is 5.69. The fraction of sp³-hybridized carbons (Fsp3) is 0.389. The summed E-state index contributed by atoms with van der Waals surface area (Å²) in [7, 11) is -3.54. The summed E-state index contributed by atoms with van der Waals surface area (Å²) in [6.07, 6.45) is 1.26. The van der Waals surface area contributed by atoms with Crippen molar-refractivity contribution in [1.29, 1.82) is 0 Å². The average Bonchev–Trinajstić information content (AvgIpc) is 3.36. The summed E-state index contributed by atoms with van der Waals surface area (Å²) < 4.78 is 43.8. The Hall–Kier alpha value is -2.00. The highest BCUT2D eigenvalue weighted by Gasteiger charge is 2.37. The van der Waals surface area contributed by atoms with Crippen molar-refractivity contribution >= 4 is 38.8 Å². The zero-order chi connectivity index (χ0) is 19.3. The lowest BCUT2D eigenvalue weighted by Crippen LogP contribution is -2.26. The number of rotatable bonds is 5. The van der Waals surface area contributed by atoms with Gasteiger partial charge < -0.3 is 9.88 Å². The van der Waals surface area contributed by atoms with Crippen molar-refractivity contribution in [2.24, 2.45) is 0 Å². The fourth-order valence-electron chi connectivity index (χ4n) is 3.13. The van der Waals surface area contributed by atoms with Crippen LogP contribution in [0.15, 0.2) is 28.0 Å². The molecule has 2 aromatic rings. The minimum absolute atomic E-state index is 0.195. The van der Waals surface area contributed by atoms with Crippen molar-refractivity contribution in [2.75, 3.05) is 15.8 Å². The van der Waals surface area contributed by atoms with E-state index in [4.69, 9.17) is 0 Å². The van der Waals surface area contributed by atoms with Crippen LogP contribution in [0.25, 0.3) is 0 Å². The molecule has 0 bridgehead atoms. The molecule has 1 aliphatic carbocycles. The summed E-state index contributed by atoms with van der Waals surface area (Å²) in [5.41, 5.74) is 1.78. The number of nitrogens with one attached hydrogen (secondary N) is 2. The van der Waals surface area contributed by atoms with Crippen LogP contribution in [0.2, 0.25) is 0 Å². The molecule has 1 aromatic carbocycles. The van der Waals surface area contributed by atoms with Crippen LogP contribution in [0.3, 0.4) is 0 Å². The first kappa shape index (κ1) is 18.4. The van der Waals surface area contributed by atoms with Gasteiger partial charge in [0.2, 0.25) is 10.0 Å². The van der Waals surface area contributed by atoms with Gasteiger partial charge >= 0.3 is 0 Å². The van der Waals surface area contributed by atoms with Crippen LogP contribution in [0.5, 0.6) is 0 Å². The Kier molecular flexibility index (Phi) is 4.46. The second-order valence-corrected chi connectivity index (χ2v) is 9.98. The monoisotopic (exact) mass is 409 g/mol. The summed E-state index contributed by atoms with van der Waals surface area (Å²) in [6.45, 7) is 3.94. The van der Waals surface area contributed by atoms with Crippen LogP contribution >= 0.6 is 11.8 Å². The Labute approximate surface area is 161 Å². The Morgan fingerprint density at radius 2 is 1.96 bits per heavy atom. The molecule has 1 aliphatic heterocycles. The third kappa shape index (κ3) is 3.34. The van der Waals surface area contributed by atoms with Crippen LogP contribution < -0.4 is 15.6 Å². The highest BCUT2D eigenvalue weighted by atomic mass is 32.2. The third-order valence-corrected chi connectivity index (χ3v) is 7.72. The van der Waals surface area contributed by atoms with Gasteiger partial charge in [0.05, 0.1) is 16.6 Å². The lowest BCUT2D eigenvalue weighted by Gasteiger charge is -2.20. The molecule has 1 aromatic heterocycles. The van der Waals surface area contributed by atoms with E-state index < -0.39 is 21.1 Å². The molecule has 0 atom stereocenters. The maximum absolute atomic E-state index is 14.4. The number of fused-ring (bicyclic) bond motifs is 1. The van der Waals surface area contributed by atoms with Gasteiger partial charge in [-0.3, -0.25) is 9.52 Å². The molecule has 0 amide bonds. The van der Waals surface area contributed by atoms with E-state index in [1.165, 1.54) is 17.8 Å². The minimum atomic E-state index is -3.54. The number of anilines is 3. The molecule has 0 saturated heterocycles. The van der Waals surface area contributed by atoms with Crippen molar-refractivity contribution in [1.82, 2.24) is 4.57 Å². The highest BCUT2D eigenvalue weighted by molar-refractivity contribution is 7.99. The number of nitrogens with zero attached hydrogens (tertiary/aromatic N) is 1.